The van der Waals surface area contributed by atoms with Gasteiger partial charge in [-0.15, -0.1) is 11.3 Å². The summed E-state index contributed by atoms with van der Waals surface area (Å²) < 4.78 is 4.96. The third kappa shape index (κ3) is 4.99. The number of amides is 4. The quantitative estimate of drug-likeness (QED) is 0.386. The van der Waals surface area contributed by atoms with Crippen molar-refractivity contribution >= 4 is 46.5 Å². The van der Waals surface area contributed by atoms with Crippen molar-refractivity contribution in [1.82, 2.24) is 4.90 Å². The Morgan fingerprint density at radius 3 is 2.38 bits per heavy atom. The summed E-state index contributed by atoms with van der Waals surface area (Å²) in [6, 6.07) is 17.3. The standard InChI is InChI=1S/C25H23N3O5S/c1-2-33-24(31)17-10-12-18(13-11-17)26-22(29)15-21-23(30)28(19-7-4-3-5-8-19)25(32)27(21)16-20-9-6-14-34-20/h3-14,21H,2,15-16H2,1H3,(H,26,29)/t21-/m0/s1. The van der Waals surface area contributed by atoms with Gasteiger partial charge in [0.2, 0.25) is 5.91 Å². The van der Waals surface area contributed by atoms with Crippen LogP contribution >= 0.6 is 11.3 Å². The van der Waals surface area contributed by atoms with Crippen molar-refractivity contribution < 1.29 is 23.9 Å². The number of nitrogens with zero attached hydrogens (tertiary/aromatic N) is 2. The van der Waals surface area contributed by atoms with Crippen molar-refractivity contribution in [2.24, 2.45) is 0 Å². The topological polar surface area (TPSA) is 96.0 Å². The molecule has 2 aromatic carbocycles. The second-order valence-corrected chi connectivity index (χ2v) is 8.60. The molecule has 1 aliphatic heterocycles. The molecule has 9 heteroatoms. The van der Waals surface area contributed by atoms with Crippen molar-refractivity contribution in [3.05, 3.63) is 82.6 Å². The minimum absolute atomic E-state index is 0.196. The third-order valence-electron chi connectivity index (χ3n) is 5.30. The summed E-state index contributed by atoms with van der Waals surface area (Å²) in [7, 11) is 0. The van der Waals surface area contributed by atoms with E-state index >= 15 is 0 Å². The maximum atomic E-state index is 13.3. The van der Waals surface area contributed by atoms with E-state index in [0.29, 0.717) is 16.9 Å². The molecule has 1 aromatic heterocycles. The summed E-state index contributed by atoms with van der Waals surface area (Å²) in [5.41, 5.74) is 1.31. The first-order valence-electron chi connectivity index (χ1n) is 10.8. The monoisotopic (exact) mass is 477 g/mol. The van der Waals surface area contributed by atoms with Gasteiger partial charge in [0.1, 0.15) is 6.04 Å². The van der Waals surface area contributed by atoms with E-state index in [4.69, 9.17) is 4.74 Å². The first-order chi connectivity index (χ1) is 16.5. The molecule has 34 heavy (non-hydrogen) atoms. The molecule has 0 radical (unpaired) electrons. The highest BCUT2D eigenvalue weighted by Gasteiger charge is 2.46. The van der Waals surface area contributed by atoms with E-state index < -0.39 is 29.9 Å². The number of rotatable bonds is 8. The number of hydrogen-bond donors (Lipinski definition) is 1. The molecule has 2 heterocycles. The number of hydrogen-bond acceptors (Lipinski definition) is 6. The minimum atomic E-state index is -0.936. The molecule has 174 valence electrons. The Balaban J connectivity index is 1.50. The van der Waals surface area contributed by atoms with Gasteiger partial charge in [-0.3, -0.25) is 9.59 Å². The van der Waals surface area contributed by atoms with Gasteiger partial charge in [0.15, 0.2) is 0 Å². The zero-order valence-corrected chi connectivity index (χ0v) is 19.3. The van der Waals surface area contributed by atoms with Crippen LogP contribution in [0.25, 0.3) is 0 Å². The summed E-state index contributed by atoms with van der Waals surface area (Å²) in [5, 5.41) is 4.64. The molecule has 1 saturated heterocycles. The van der Waals surface area contributed by atoms with Gasteiger partial charge in [-0.05, 0) is 54.8 Å². The number of urea groups is 1. The van der Waals surface area contributed by atoms with Gasteiger partial charge in [-0.1, -0.05) is 24.3 Å². The fraction of sp³-hybridized carbons (Fsp3) is 0.200. The van der Waals surface area contributed by atoms with Crippen molar-refractivity contribution in [2.45, 2.75) is 25.9 Å². The fourth-order valence-electron chi connectivity index (χ4n) is 3.69. The highest BCUT2D eigenvalue weighted by Crippen LogP contribution is 2.29. The van der Waals surface area contributed by atoms with Gasteiger partial charge in [0.05, 0.1) is 30.8 Å². The van der Waals surface area contributed by atoms with Crippen molar-refractivity contribution in [3.8, 4) is 0 Å². The normalized spacial score (nSPS) is 15.5. The molecule has 1 aliphatic rings. The smallest absolute Gasteiger partial charge is 0.338 e. The van der Waals surface area contributed by atoms with Crippen LogP contribution in [0.4, 0.5) is 16.2 Å². The van der Waals surface area contributed by atoms with E-state index in [1.165, 1.54) is 16.2 Å². The molecule has 1 atom stereocenters. The molecule has 0 bridgehead atoms. The SMILES string of the molecule is CCOC(=O)c1ccc(NC(=O)C[C@H]2C(=O)N(c3ccccc3)C(=O)N2Cc2cccs2)cc1. The van der Waals surface area contributed by atoms with E-state index in [2.05, 4.69) is 5.32 Å². The molecule has 0 aliphatic carbocycles. The highest BCUT2D eigenvalue weighted by molar-refractivity contribution is 7.09. The van der Waals surface area contributed by atoms with Crippen molar-refractivity contribution in [2.75, 3.05) is 16.8 Å². The Morgan fingerprint density at radius 1 is 1.00 bits per heavy atom. The van der Waals surface area contributed by atoms with Crippen LogP contribution in [0.5, 0.6) is 0 Å². The van der Waals surface area contributed by atoms with Crippen molar-refractivity contribution in [1.29, 1.82) is 0 Å². The maximum absolute atomic E-state index is 13.3. The summed E-state index contributed by atoms with van der Waals surface area (Å²) in [6.45, 7) is 2.23. The fourth-order valence-corrected chi connectivity index (χ4v) is 4.39. The van der Waals surface area contributed by atoms with Gasteiger partial charge >= 0.3 is 12.0 Å². The molecule has 0 saturated carbocycles. The van der Waals surface area contributed by atoms with Gasteiger partial charge in [0.25, 0.3) is 5.91 Å². The lowest BCUT2D eigenvalue weighted by Crippen LogP contribution is -2.37. The number of para-hydroxylation sites is 1. The van der Waals surface area contributed by atoms with Crippen LogP contribution in [0.3, 0.4) is 0 Å². The number of imide groups is 1. The number of ether oxygens (including phenoxy) is 1. The molecule has 4 rings (SSSR count). The number of thiophene rings is 1. The molecule has 3 aromatic rings. The summed E-state index contributed by atoms with van der Waals surface area (Å²) in [5.74, 6) is -1.30. The second-order valence-electron chi connectivity index (χ2n) is 7.56. The van der Waals surface area contributed by atoms with Gasteiger partial charge in [0, 0.05) is 10.6 Å². The Hall–Kier alpha value is -3.98. The highest BCUT2D eigenvalue weighted by atomic mass is 32.1. The summed E-state index contributed by atoms with van der Waals surface area (Å²) in [4.78, 5) is 54.6. The van der Waals surface area contributed by atoms with Crippen LogP contribution in [-0.2, 0) is 20.9 Å². The molecular weight excluding hydrogens is 454 g/mol. The average molecular weight is 478 g/mol. The van der Waals surface area contributed by atoms with E-state index in [1.54, 1.807) is 61.5 Å². The third-order valence-corrected chi connectivity index (χ3v) is 6.16. The predicted molar refractivity (Wildman–Crippen MR) is 129 cm³/mol. The number of nitrogens with one attached hydrogen (secondary N) is 1. The maximum Gasteiger partial charge on any atom is 0.338 e. The largest absolute Gasteiger partial charge is 0.462 e. The zero-order valence-electron chi connectivity index (χ0n) is 18.5. The average Bonchev–Trinajstić information content (AvgIpc) is 3.43. The Morgan fingerprint density at radius 2 is 1.74 bits per heavy atom. The van der Waals surface area contributed by atoms with Gasteiger partial charge < -0.3 is 15.0 Å². The lowest BCUT2D eigenvalue weighted by Gasteiger charge is -2.21. The second kappa shape index (κ2) is 10.3. The van der Waals surface area contributed by atoms with Crippen LogP contribution in [0.2, 0.25) is 0 Å². The molecule has 1 fully saturated rings. The first-order valence-corrected chi connectivity index (χ1v) is 11.6. The summed E-state index contributed by atoms with van der Waals surface area (Å²) in [6.07, 6.45) is -0.196. The van der Waals surface area contributed by atoms with Crippen LogP contribution in [-0.4, -0.2) is 41.4 Å². The van der Waals surface area contributed by atoms with Gasteiger partial charge in [-0.25, -0.2) is 14.5 Å². The lowest BCUT2D eigenvalue weighted by molar-refractivity contribution is -0.124. The Kier molecular flexibility index (Phi) is 7.03. The molecular formula is C25H23N3O5S. The number of esters is 1. The van der Waals surface area contributed by atoms with Gasteiger partial charge in [-0.2, -0.15) is 0 Å². The molecule has 8 nitrogen and oxygen atoms in total. The Bertz CT molecular complexity index is 1180. The number of benzene rings is 2. The summed E-state index contributed by atoms with van der Waals surface area (Å²) >= 11 is 1.48. The van der Waals surface area contributed by atoms with E-state index in [-0.39, 0.29) is 19.6 Å². The van der Waals surface area contributed by atoms with E-state index in [9.17, 15) is 19.2 Å². The lowest BCUT2D eigenvalue weighted by atomic mass is 10.1. The van der Waals surface area contributed by atoms with Crippen LogP contribution in [0.15, 0.2) is 72.1 Å². The van der Waals surface area contributed by atoms with Crippen molar-refractivity contribution in [3.63, 3.8) is 0 Å². The Labute approximate surface area is 200 Å². The number of anilines is 2. The molecule has 4 amide bonds. The molecule has 0 spiro atoms. The number of carbonyl (C=O) groups excluding carboxylic acids is 4. The van der Waals surface area contributed by atoms with E-state index in [0.717, 1.165) is 9.78 Å². The van der Waals surface area contributed by atoms with Crippen LogP contribution in [0.1, 0.15) is 28.6 Å². The minimum Gasteiger partial charge on any atom is -0.462 e. The first kappa shape index (κ1) is 23.2. The van der Waals surface area contributed by atoms with Crippen LogP contribution < -0.4 is 10.2 Å². The molecule has 0 unspecified atom stereocenters. The number of carbonyl (C=O) groups is 4. The predicted octanol–water partition coefficient (Wildman–Crippen LogP) is 4.29. The molecule has 1 N–H and O–H groups in total. The zero-order chi connectivity index (χ0) is 24.1. The van der Waals surface area contributed by atoms with Crippen LogP contribution in [0, 0.1) is 0 Å². The van der Waals surface area contributed by atoms with E-state index in [1.807, 2.05) is 17.5 Å².